The van der Waals surface area contributed by atoms with E-state index in [1.54, 1.807) is 30.5 Å². The van der Waals surface area contributed by atoms with Crippen molar-refractivity contribution in [2.24, 2.45) is 4.99 Å². The highest BCUT2D eigenvalue weighted by Gasteiger charge is 2.44. The average molecular weight is 796 g/mol. The molecule has 0 unspecified atom stereocenters. The zero-order valence-corrected chi connectivity index (χ0v) is 35.8. The maximum atomic E-state index is 10.2. The number of aliphatic imine (C=N–C) groups is 1. The van der Waals surface area contributed by atoms with E-state index in [2.05, 4.69) is 11.9 Å². The van der Waals surface area contributed by atoms with Gasteiger partial charge in [-0.2, -0.15) is 0 Å². The van der Waals surface area contributed by atoms with Crippen molar-refractivity contribution in [3.8, 4) is 11.5 Å². The molecule has 0 bridgehead atoms. The molecule has 0 amide bonds. The smallest absolute Gasteiger partial charge is 0.229 e. The van der Waals surface area contributed by atoms with E-state index in [1.165, 1.54) is 173 Å². The van der Waals surface area contributed by atoms with E-state index >= 15 is 0 Å². The number of rotatable bonds is 35. The highest BCUT2D eigenvalue weighted by atomic mass is 16.7. The number of aliphatic hydroxyl groups excluding tert-OH is 4. The van der Waals surface area contributed by atoms with E-state index in [1.807, 2.05) is 24.3 Å². The summed E-state index contributed by atoms with van der Waals surface area (Å²) in [7, 11) is 0. The molecule has 324 valence electrons. The van der Waals surface area contributed by atoms with Gasteiger partial charge in [0, 0.05) is 6.21 Å². The van der Waals surface area contributed by atoms with Gasteiger partial charge in [0.15, 0.2) is 0 Å². The molecule has 4 N–H and O–H groups in total. The van der Waals surface area contributed by atoms with E-state index in [0.29, 0.717) is 11.4 Å². The van der Waals surface area contributed by atoms with Crippen LogP contribution in [0, 0.1) is 0 Å². The fraction of sp³-hybridized carbons (Fsp3) is 0.735. The van der Waals surface area contributed by atoms with Crippen LogP contribution in [0.25, 0.3) is 0 Å². The van der Waals surface area contributed by atoms with Gasteiger partial charge in [-0.25, -0.2) is 0 Å². The van der Waals surface area contributed by atoms with Crippen molar-refractivity contribution in [2.45, 2.75) is 217 Å². The molecule has 8 heteroatoms. The SMILES string of the molecule is CCCCCCCCCCCCCCCCCCCCCCCCCCCCCCOc1ccc(C=Nc2ccc(O[C@H]3O[C@H](CO)[C@@H](O)[C@H](O)[C@H]3O)cc2)cc1. The van der Waals surface area contributed by atoms with Gasteiger partial charge in [0.1, 0.15) is 35.9 Å². The molecule has 8 nitrogen and oxygen atoms in total. The molecular weight excluding hydrogens is 715 g/mol. The lowest BCUT2D eigenvalue weighted by atomic mass is 9.99. The third-order valence-corrected chi connectivity index (χ3v) is 11.4. The van der Waals surface area contributed by atoms with Gasteiger partial charge in [0.2, 0.25) is 6.29 Å². The van der Waals surface area contributed by atoms with Crippen molar-refractivity contribution in [3.63, 3.8) is 0 Å². The predicted molar refractivity (Wildman–Crippen MR) is 235 cm³/mol. The fourth-order valence-corrected chi connectivity index (χ4v) is 7.67. The molecule has 1 aliphatic heterocycles. The van der Waals surface area contributed by atoms with Crippen molar-refractivity contribution in [3.05, 3.63) is 54.1 Å². The van der Waals surface area contributed by atoms with Crippen LogP contribution in [0.4, 0.5) is 5.69 Å². The van der Waals surface area contributed by atoms with E-state index < -0.39 is 37.3 Å². The molecule has 1 heterocycles. The standard InChI is InChI=1S/C49H81NO7/c1-2-3-4-5-6-7-8-9-10-11-12-13-14-15-16-17-18-19-20-21-22-23-24-25-26-27-28-29-38-55-43-34-30-41(31-35-43)39-50-42-32-36-44(37-33-42)56-49-48(54)47(53)46(52)45(40-51)57-49/h30-37,39,45-49,51-54H,2-29,38,40H2,1H3/t45-,46-,47+,48-,49+/m1/s1. The lowest BCUT2D eigenvalue weighted by Crippen LogP contribution is -2.60. The third kappa shape index (κ3) is 22.5. The van der Waals surface area contributed by atoms with E-state index in [4.69, 9.17) is 14.2 Å². The molecule has 57 heavy (non-hydrogen) atoms. The first-order valence-electron chi connectivity index (χ1n) is 23.4. The van der Waals surface area contributed by atoms with Gasteiger partial charge < -0.3 is 34.6 Å². The second-order valence-corrected chi connectivity index (χ2v) is 16.5. The number of aliphatic hydroxyl groups is 4. The Balaban J connectivity index is 1.06. The maximum absolute atomic E-state index is 10.2. The first-order valence-corrected chi connectivity index (χ1v) is 23.4. The zero-order chi connectivity index (χ0) is 40.6. The van der Waals surface area contributed by atoms with Crippen LogP contribution in [0.2, 0.25) is 0 Å². The molecule has 2 aromatic rings. The molecule has 1 aliphatic rings. The Kier molecular flexibility index (Phi) is 27.8. The number of unbranched alkanes of at least 4 members (excludes halogenated alkanes) is 27. The monoisotopic (exact) mass is 796 g/mol. The van der Waals surface area contributed by atoms with Crippen molar-refractivity contribution >= 4 is 11.9 Å². The molecule has 0 aromatic heterocycles. The summed E-state index contributed by atoms with van der Waals surface area (Å²) in [6.07, 6.45) is 34.6. The van der Waals surface area contributed by atoms with E-state index in [-0.39, 0.29) is 0 Å². The summed E-state index contributed by atoms with van der Waals surface area (Å²) in [5.74, 6) is 1.26. The number of nitrogens with zero attached hydrogens (tertiary/aromatic N) is 1. The van der Waals surface area contributed by atoms with Crippen molar-refractivity contribution in [1.82, 2.24) is 0 Å². The van der Waals surface area contributed by atoms with Crippen LogP contribution in [0.1, 0.15) is 192 Å². The number of hydrogen-bond donors (Lipinski definition) is 4. The van der Waals surface area contributed by atoms with Crippen LogP contribution in [-0.4, -0.2) is 70.6 Å². The largest absolute Gasteiger partial charge is 0.494 e. The molecule has 0 aliphatic carbocycles. The van der Waals surface area contributed by atoms with Crippen LogP contribution in [-0.2, 0) is 4.74 Å². The van der Waals surface area contributed by atoms with Crippen LogP contribution < -0.4 is 9.47 Å². The minimum atomic E-state index is -1.49. The summed E-state index contributed by atoms with van der Waals surface area (Å²) in [5, 5.41) is 39.4. The average Bonchev–Trinajstić information content (AvgIpc) is 3.23. The summed E-state index contributed by atoms with van der Waals surface area (Å²) >= 11 is 0. The highest BCUT2D eigenvalue weighted by molar-refractivity contribution is 5.82. The number of ether oxygens (including phenoxy) is 3. The third-order valence-electron chi connectivity index (χ3n) is 11.4. The first kappa shape index (κ1) is 48.9. The Morgan fingerprint density at radius 1 is 0.509 bits per heavy atom. The van der Waals surface area contributed by atoms with Crippen molar-refractivity contribution < 1.29 is 34.6 Å². The van der Waals surface area contributed by atoms with E-state index in [0.717, 1.165) is 24.3 Å². The summed E-state index contributed by atoms with van der Waals surface area (Å²) in [6.45, 7) is 2.53. The van der Waals surface area contributed by atoms with Crippen molar-refractivity contribution in [1.29, 1.82) is 0 Å². The lowest BCUT2D eigenvalue weighted by Gasteiger charge is -2.39. The molecule has 0 saturated carbocycles. The summed E-state index contributed by atoms with van der Waals surface area (Å²) in [5.41, 5.74) is 1.66. The van der Waals surface area contributed by atoms with E-state index in [9.17, 15) is 20.4 Å². The van der Waals surface area contributed by atoms with Gasteiger partial charge >= 0.3 is 0 Å². The highest BCUT2D eigenvalue weighted by Crippen LogP contribution is 2.26. The molecule has 1 saturated heterocycles. The predicted octanol–water partition coefficient (Wildman–Crippen LogP) is 11.9. The second kappa shape index (κ2) is 32.4. The maximum Gasteiger partial charge on any atom is 0.229 e. The Labute approximate surface area is 346 Å². The van der Waals surface area contributed by atoms with Crippen LogP contribution >= 0.6 is 0 Å². The lowest BCUT2D eigenvalue weighted by molar-refractivity contribution is -0.277. The van der Waals surface area contributed by atoms with Gasteiger partial charge in [-0.05, 0) is 60.5 Å². The van der Waals surface area contributed by atoms with Crippen molar-refractivity contribution in [2.75, 3.05) is 13.2 Å². The first-order chi connectivity index (χ1) is 28.0. The van der Waals surface area contributed by atoms with Crippen LogP contribution in [0.3, 0.4) is 0 Å². The fourth-order valence-electron chi connectivity index (χ4n) is 7.67. The summed E-state index contributed by atoms with van der Waals surface area (Å²) < 4.78 is 17.0. The Morgan fingerprint density at radius 3 is 1.33 bits per heavy atom. The minimum Gasteiger partial charge on any atom is -0.494 e. The quantitative estimate of drug-likeness (QED) is 0.0405. The van der Waals surface area contributed by atoms with Gasteiger partial charge in [-0.3, -0.25) is 4.99 Å². The second-order valence-electron chi connectivity index (χ2n) is 16.5. The summed E-state index contributed by atoms with van der Waals surface area (Å²) in [4.78, 5) is 4.52. The minimum absolute atomic E-state index is 0.395. The molecule has 0 spiro atoms. The van der Waals surface area contributed by atoms with Crippen LogP contribution in [0.5, 0.6) is 11.5 Å². The summed E-state index contributed by atoms with van der Waals surface area (Å²) in [6, 6.07) is 14.8. The Morgan fingerprint density at radius 2 is 0.912 bits per heavy atom. The molecule has 2 aromatic carbocycles. The molecule has 3 rings (SSSR count). The number of hydrogen-bond acceptors (Lipinski definition) is 8. The van der Waals surface area contributed by atoms with Crippen LogP contribution in [0.15, 0.2) is 53.5 Å². The molecular formula is C49H81NO7. The van der Waals surface area contributed by atoms with Gasteiger partial charge in [-0.15, -0.1) is 0 Å². The topological polar surface area (TPSA) is 121 Å². The molecule has 1 fully saturated rings. The zero-order valence-electron chi connectivity index (χ0n) is 35.8. The molecule has 5 atom stereocenters. The Hall–Kier alpha value is -2.49. The van der Waals surface area contributed by atoms with Gasteiger partial charge in [-0.1, -0.05) is 180 Å². The Bertz CT molecular complexity index is 1240. The molecule has 0 radical (unpaired) electrons. The van der Waals surface area contributed by atoms with Gasteiger partial charge in [0.25, 0.3) is 0 Å². The number of benzene rings is 2. The normalized spacial score (nSPS) is 19.7. The van der Waals surface area contributed by atoms with Gasteiger partial charge in [0.05, 0.1) is 18.9 Å².